The summed E-state index contributed by atoms with van der Waals surface area (Å²) in [5, 5.41) is 0. The molecule has 2 fully saturated rings. The fraction of sp³-hybridized carbons (Fsp3) is 0.458. The Morgan fingerprint density at radius 3 is 2.10 bits per heavy atom. The number of carbonyl (C=O) groups is 1. The zero-order valence-electron chi connectivity index (χ0n) is 18.3. The van der Waals surface area contributed by atoms with E-state index in [2.05, 4.69) is 17.0 Å². The molecular formula is C24H31N3O3S. The van der Waals surface area contributed by atoms with Crippen molar-refractivity contribution in [3.63, 3.8) is 0 Å². The lowest BCUT2D eigenvalue weighted by Crippen LogP contribution is -2.48. The quantitative estimate of drug-likeness (QED) is 0.662. The van der Waals surface area contributed by atoms with Crippen molar-refractivity contribution in [1.29, 1.82) is 0 Å². The monoisotopic (exact) mass is 441 g/mol. The van der Waals surface area contributed by atoms with Crippen molar-refractivity contribution in [2.75, 3.05) is 31.1 Å². The summed E-state index contributed by atoms with van der Waals surface area (Å²) in [5.41, 5.74) is 2.64. The minimum atomic E-state index is -3.43. The Labute approximate surface area is 185 Å². The smallest absolute Gasteiger partial charge is 0.219 e. The molecule has 1 saturated carbocycles. The molecule has 0 spiro atoms. The number of benzene rings is 2. The van der Waals surface area contributed by atoms with Crippen LogP contribution in [0.3, 0.4) is 0 Å². The lowest BCUT2D eigenvalue weighted by atomic mass is 10.1. The average molecular weight is 442 g/mol. The van der Waals surface area contributed by atoms with Crippen LogP contribution in [-0.2, 0) is 27.1 Å². The van der Waals surface area contributed by atoms with Gasteiger partial charge in [-0.15, -0.1) is 0 Å². The van der Waals surface area contributed by atoms with E-state index in [4.69, 9.17) is 0 Å². The summed E-state index contributed by atoms with van der Waals surface area (Å²) < 4.78 is 28.3. The second-order valence-electron chi connectivity index (χ2n) is 8.90. The molecular weight excluding hydrogens is 410 g/mol. The Kier molecular flexibility index (Phi) is 6.08. The molecule has 6 nitrogen and oxygen atoms in total. The summed E-state index contributed by atoms with van der Waals surface area (Å²) in [4.78, 5) is 15.7. The molecule has 1 aliphatic carbocycles. The van der Waals surface area contributed by atoms with Crippen molar-refractivity contribution in [2.45, 2.75) is 44.5 Å². The van der Waals surface area contributed by atoms with Gasteiger partial charge < -0.3 is 9.80 Å². The number of rotatable bonds is 7. The maximum Gasteiger partial charge on any atom is 0.219 e. The maximum atomic E-state index is 13.3. The molecule has 1 heterocycles. The fourth-order valence-corrected chi connectivity index (χ4v) is 6.15. The Balaban J connectivity index is 1.45. The third kappa shape index (κ3) is 5.10. The molecule has 1 amide bonds. The molecule has 2 aromatic rings. The number of sulfonamides is 1. The van der Waals surface area contributed by atoms with Gasteiger partial charge in [-0.2, -0.15) is 4.31 Å². The van der Waals surface area contributed by atoms with E-state index in [9.17, 15) is 13.2 Å². The summed E-state index contributed by atoms with van der Waals surface area (Å²) in [7, 11) is -3.43. The normalized spacial score (nSPS) is 18.3. The highest BCUT2D eigenvalue weighted by atomic mass is 32.2. The molecule has 0 radical (unpaired) electrons. The van der Waals surface area contributed by atoms with Crippen LogP contribution in [-0.4, -0.2) is 55.2 Å². The van der Waals surface area contributed by atoms with Crippen LogP contribution in [0.15, 0.2) is 54.6 Å². The Hall–Kier alpha value is -2.38. The standard InChI is InChI=1S/C24H31N3O3S/c1-20(28)25-14-16-26(17-15-25)23-10-8-21(9-11-23)18-27(24(2)12-13-24)31(29,30)19-22-6-4-3-5-7-22/h3-11H,12-19H2,1-2H3. The summed E-state index contributed by atoms with van der Waals surface area (Å²) >= 11 is 0. The van der Waals surface area contributed by atoms with Crippen LogP contribution < -0.4 is 4.90 Å². The predicted molar refractivity (Wildman–Crippen MR) is 123 cm³/mol. The Bertz CT molecular complexity index is 1010. The Morgan fingerprint density at radius 2 is 1.55 bits per heavy atom. The second kappa shape index (κ2) is 8.63. The van der Waals surface area contributed by atoms with Crippen LogP contribution >= 0.6 is 0 Å². The van der Waals surface area contributed by atoms with E-state index >= 15 is 0 Å². The zero-order valence-corrected chi connectivity index (χ0v) is 19.1. The average Bonchev–Trinajstić information content (AvgIpc) is 3.51. The molecule has 31 heavy (non-hydrogen) atoms. The topological polar surface area (TPSA) is 60.9 Å². The van der Waals surface area contributed by atoms with Gasteiger partial charge in [-0.25, -0.2) is 8.42 Å². The minimum Gasteiger partial charge on any atom is -0.368 e. The molecule has 2 aliphatic rings. The Morgan fingerprint density at radius 1 is 0.935 bits per heavy atom. The van der Waals surface area contributed by atoms with E-state index in [1.54, 1.807) is 11.2 Å². The number of hydrogen-bond donors (Lipinski definition) is 0. The van der Waals surface area contributed by atoms with E-state index < -0.39 is 10.0 Å². The highest BCUT2D eigenvalue weighted by Gasteiger charge is 2.48. The first kappa shape index (κ1) is 21.8. The number of piperazine rings is 1. The van der Waals surface area contributed by atoms with Crippen LogP contribution in [0.25, 0.3) is 0 Å². The summed E-state index contributed by atoms with van der Waals surface area (Å²) in [5.74, 6) is 0.155. The van der Waals surface area contributed by atoms with Crippen LogP contribution in [0.5, 0.6) is 0 Å². The van der Waals surface area contributed by atoms with Crippen LogP contribution in [0.2, 0.25) is 0 Å². The van der Waals surface area contributed by atoms with E-state index in [1.165, 1.54) is 0 Å². The maximum absolute atomic E-state index is 13.3. The largest absolute Gasteiger partial charge is 0.368 e. The lowest BCUT2D eigenvalue weighted by Gasteiger charge is -2.35. The van der Waals surface area contributed by atoms with Gasteiger partial charge in [0.2, 0.25) is 15.9 Å². The molecule has 2 aromatic carbocycles. The molecule has 0 unspecified atom stereocenters. The van der Waals surface area contributed by atoms with Gasteiger partial charge in [0.15, 0.2) is 0 Å². The van der Waals surface area contributed by atoms with Crippen molar-refractivity contribution in [3.05, 3.63) is 65.7 Å². The molecule has 4 rings (SSSR count). The SMILES string of the molecule is CC(=O)N1CCN(c2ccc(CN(C3(C)CC3)S(=O)(=O)Cc3ccccc3)cc2)CC1. The van der Waals surface area contributed by atoms with Gasteiger partial charge >= 0.3 is 0 Å². The zero-order chi connectivity index (χ0) is 22.1. The molecule has 7 heteroatoms. The minimum absolute atomic E-state index is 0.0297. The van der Waals surface area contributed by atoms with Crippen LogP contribution in [0, 0.1) is 0 Å². The fourth-order valence-electron chi connectivity index (χ4n) is 4.18. The van der Waals surface area contributed by atoms with E-state index in [0.717, 1.165) is 55.8 Å². The highest BCUT2D eigenvalue weighted by Crippen LogP contribution is 2.44. The molecule has 0 bridgehead atoms. The first-order chi connectivity index (χ1) is 14.8. The van der Waals surface area contributed by atoms with Crippen molar-refractivity contribution in [2.24, 2.45) is 0 Å². The van der Waals surface area contributed by atoms with E-state index in [1.807, 2.05) is 54.3 Å². The third-order valence-electron chi connectivity index (χ3n) is 6.46. The van der Waals surface area contributed by atoms with Crippen LogP contribution in [0.4, 0.5) is 5.69 Å². The molecule has 0 aromatic heterocycles. The molecule has 0 N–H and O–H groups in total. The van der Waals surface area contributed by atoms with Gasteiger partial charge in [-0.1, -0.05) is 42.5 Å². The summed E-state index contributed by atoms with van der Waals surface area (Å²) in [6.45, 7) is 7.15. The first-order valence-corrected chi connectivity index (χ1v) is 12.5. The summed E-state index contributed by atoms with van der Waals surface area (Å²) in [6.07, 6.45) is 1.80. The van der Waals surface area contributed by atoms with Gasteiger partial charge in [0.1, 0.15) is 0 Å². The molecule has 166 valence electrons. The lowest BCUT2D eigenvalue weighted by molar-refractivity contribution is -0.129. The van der Waals surface area contributed by atoms with E-state index in [0.29, 0.717) is 6.54 Å². The van der Waals surface area contributed by atoms with Crippen molar-refractivity contribution in [1.82, 2.24) is 9.21 Å². The van der Waals surface area contributed by atoms with Crippen molar-refractivity contribution < 1.29 is 13.2 Å². The number of amides is 1. The third-order valence-corrected chi connectivity index (χ3v) is 8.40. The van der Waals surface area contributed by atoms with Gasteiger partial charge in [-0.3, -0.25) is 4.79 Å². The van der Waals surface area contributed by atoms with Crippen LogP contribution in [0.1, 0.15) is 37.8 Å². The highest BCUT2D eigenvalue weighted by molar-refractivity contribution is 7.88. The number of carbonyl (C=O) groups excluding carboxylic acids is 1. The number of nitrogens with zero attached hydrogens (tertiary/aromatic N) is 3. The van der Waals surface area contributed by atoms with Gasteiger partial charge in [0.05, 0.1) is 5.75 Å². The molecule has 1 saturated heterocycles. The predicted octanol–water partition coefficient (Wildman–Crippen LogP) is 3.24. The first-order valence-electron chi connectivity index (χ1n) is 10.9. The number of hydrogen-bond acceptors (Lipinski definition) is 4. The van der Waals surface area contributed by atoms with Crippen molar-refractivity contribution in [3.8, 4) is 0 Å². The second-order valence-corrected chi connectivity index (χ2v) is 10.8. The molecule has 1 aliphatic heterocycles. The summed E-state index contributed by atoms with van der Waals surface area (Å²) in [6, 6.07) is 17.6. The van der Waals surface area contributed by atoms with Crippen molar-refractivity contribution >= 4 is 21.6 Å². The van der Waals surface area contributed by atoms with Gasteiger partial charge in [-0.05, 0) is 43.0 Å². The van der Waals surface area contributed by atoms with E-state index in [-0.39, 0.29) is 17.2 Å². The molecule has 0 atom stereocenters. The number of anilines is 1. The van der Waals surface area contributed by atoms with Gasteiger partial charge in [0.25, 0.3) is 0 Å². The van der Waals surface area contributed by atoms with Gasteiger partial charge in [0, 0.05) is 50.9 Å².